The number of rotatable bonds is 1. The Bertz CT molecular complexity index is 436. The number of hydrogen-bond acceptors (Lipinski definition) is 4. The highest BCUT2D eigenvalue weighted by atomic mass is 35.5. The summed E-state index contributed by atoms with van der Waals surface area (Å²) in [6.45, 7) is 6.85. The highest BCUT2D eigenvalue weighted by Crippen LogP contribution is 2.27. The first-order valence-corrected chi connectivity index (χ1v) is 6.18. The predicted octanol–water partition coefficient (Wildman–Crippen LogP) is 2.46. The summed E-state index contributed by atoms with van der Waals surface area (Å²) < 4.78 is 5.28. The van der Waals surface area contributed by atoms with Crippen LogP contribution in [0.25, 0.3) is 0 Å². The maximum atomic E-state index is 11.7. The van der Waals surface area contributed by atoms with Crippen LogP contribution < -0.4 is 0 Å². The van der Waals surface area contributed by atoms with Crippen molar-refractivity contribution in [2.45, 2.75) is 32.3 Å². The molecule has 0 N–H and O–H groups in total. The highest BCUT2D eigenvalue weighted by molar-refractivity contribution is 6.28. The molecule has 0 radical (unpaired) electrons. The Labute approximate surface area is 111 Å². The van der Waals surface area contributed by atoms with Gasteiger partial charge in [-0.2, -0.15) is 0 Å². The lowest BCUT2D eigenvalue weighted by Crippen LogP contribution is -2.50. The van der Waals surface area contributed by atoms with Gasteiger partial charge in [0.15, 0.2) is 0 Å². The first-order chi connectivity index (χ1) is 8.35. The Morgan fingerprint density at radius 3 is 2.44 bits per heavy atom. The number of carbonyl (C=O) groups is 1. The molecule has 2 heterocycles. The van der Waals surface area contributed by atoms with Gasteiger partial charge in [0, 0.05) is 31.4 Å². The summed E-state index contributed by atoms with van der Waals surface area (Å²) in [6.07, 6.45) is 3.13. The number of nitrogens with zero attached hydrogens (tertiary/aromatic N) is 3. The standard InChI is InChI=1S/C12H16ClN3O2/c1-12(2,3)18-11(17)16-6-9(7-16)8-4-14-10(13)15-5-8/h4-5,9H,6-7H2,1-3H3. The molecular formula is C12H16ClN3O2. The Morgan fingerprint density at radius 2 is 1.94 bits per heavy atom. The zero-order chi connectivity index (χ0) is 13.3. The lowest BCUT2D eigenvalue weighted by Gasteiger charge is -2.39. The van der Waals surface area contributed by atoms with Gasteiger partial charge in [-0.25, -0.2) is 14.8 Å². The van der Waals surface area contributed by atoms with Crippen molar-refractivity contribution >= 4 is 17.7 Å². The first kappa shape index (κ1) is 13.1. The third-order valence-electron chi connectivity index (χ3n) is 2.64. The van der Waals surface area contributed by atoms with Crippen LogP contribution in [0.3, 0.4) is 0 Å². The van der Waals surface area contributed by atoms with E-state index in [2.05, 4.69) is 9.97 Å². The summed E-state index contributed by atoms with van der Waals surface area (Å²) in [6, 6.07) is 0. The van der Waals surface area contributed by atoms with Gasteiger partial charge in [0.1, 0.15) is 5.60 Å². The molecule has 0 unspecified atom stereocenters. The van der Waals surface area contributed by atoms with E-state index in [1.54, 1.807) is 17.3 Å². The first-order valence-electron chi connectivity index (χ1n) is 5.80. The third kappa shape index (κ3) is 3.10. The Morgan fingerprint density at radius 1 is 1.39 bits per heavy atom. The molecule has 2 rings (SSSR count). The molecule has 0 saturated carbocycles. The fraction of sp³-hybridized carbons (Fsp3) is 0.583. The van der Waals surface area contributed by atoms with Crippen LogP contribution >= 0.6 is 11.6 Å². The van der Waals surface area contributed by atoms with Gasteiger partial charge in [0.05, 0.1) is 0 Å². The Hall–Kier alpha value is -1.36. The van der Waals surface area contributed by atoms with Crippen LogP contribution in [-0.4, -0.2) is 39.7 Å². The van der Waals surface area contributed by atoms with Crippen molar-refractivity contribution in [1.29, 1.82) is 0 Å². The molecule has 0 bridgehead atoms. The summed E-state index contributed by atoms with van der Waals surface area (Å²) in [5.41, 5.74) is 0.546. The number of halogens is 1. The van der Waals surface area contributed by atoms with Crippen molar-refractivity contribution in [3.05, 3.63) is 23.2 Å². The van der Waals surface area contributed by atoms with Crippen molar-refractivity contribution in [3.8, 4) is 0 Å². The number of carbonyl (C=O) groups excluding carboxylic acids is 1. The summed E-state index contributed by atoms with van der Waals surface area (Å²) in [5.74, 6) is 0.273. The van der Waals surface area contributed by atoms with E-state index in [4.69, 9.17) is 16.3 Å². The van der Waals surface area contributed by atoms with E-state index in [1.807, 2.05) is 20.8 Å². The molecule has 1 aliphatic heterocycles. The summed E-state index contributed by atoms with van der Waals surface area (Å²) >= 11 is 5.62. The van der Waals surface area contributed by atoms with Gasteiger partial charge in [0.2, 0.25) is 5.28 Å². The molecule has 0 atom stereocenters. The van der Waals surface area contributed by atoms with E-state index >= 15 is 0 Å². The van der Waals surface area contributed by atoms with Crippen LogP contribution in [0.1, 0.15) is 32.3 Å². The van der Waals surface area contributed by atoms with Crippen LogP contribution in [0.2, 0.25) is 5.28 Å². The molecular weight excluding hydrogens is 254 g/mol. The summed E-state index contributed by atoms with van der Waals surface area (Å²) in [4.78, 5) is 21.3. The smallest absolute Gasteiger partial charge is 0.410 e. The van der Waals surface area contributed by atoms with Gasteiger partial charge in [-0.15, -0.1) is 0 Å². The maximum Gasteiger partial charge on any atom is 0.410 e. The van der Waals surface area contributed by atoms with Crippen molar-refractivity contribution in [3.63, 3.8) is 0 Å². The second-order valence-electron chi connectivity index (χ2n) is 5.37. The molecule has 6 heteroatoms. The number of ether oxygens (including phenoxy) is 1. The van der Waals surface area contributed by atoms with Gasteiger partial charge in [-0.3, -0.25) is 0 Å². The summed E-state index contributed by atoms with van der Waals surface area (Å²) in [7, 11) is 0. The topological polar surface area (TPSA) is 55.3 Å². The van der Waals surface area contributed by atoms with Crippen LogP contribution in [0.4, 0.5) is 4.79 Å². The fourth-order valence-corrected chi connectivity index (χ4v) is 1.80. The van der Waals surface area contributed by atoms with Crippen molar-refractivity contribution in [2.24, 2.45) is 0 Å². The molecule has 1 fully saturated rings. The average Bonchev–Trinajstić information content (AvgIpc) is 2.15. The van der Waals surface area contributed by atoms with Gasteiger partial charge in [-0.05, 0) is 37.9 Å². The summed E-state index contributed by atoms with van der Waals surface area (Å²) in [5, 5.41) is 0.238. The van der Waals surface area contributed by atoms with Crippen LogP contribution in [0.15, 0.2) is 12.4 Å². The number of likely N-dealkylation sites (tertiary alicyclic amines) is 1. The van der Waals surface area contributed by atoms with Crippen LogP contribution in [-0.2, 0) is 4.74 Å². The molecule has 0 aliphatic carbocycles. The second-order valence-corrected chi connectivity index (χ2v) is 5.71. The molecule has 1 aromatic rings. The van der Waals surface area contributed by atoms with Crippen molar-refractivity contribution < 1.29 is 9.53 Å². The molecule has 0 aromatic carbocycles. The molecule has 98 valence electrons. The van der Waals surface area contributed by atoms with Gasteiger partial charge in [-0.1, -0.05) is 0 Å². The van der Waals surface area contributed by atoms with E-state index in [0.29, 0.717) is 13.1 Å². The number of amides is 1. The monoisotopic (exact) mass is 269 g/mol. The third-order valence-corrected chi connectivity index (χ3v) is 2.84. The minimum absolute atomic E-state index is 0.238. The number of aromatic nitrogens is 2. The zero-order valence-corrected chi connectivity index (χ0v) is 11.4. The Balaban J connectivity index is 1.87. The van der Waals surface area contributed by atoms with E-state index in [0.717, 1.165) is 5.56 Å². The maximum absolute atomic E-state index is 11.7. The van der Waals surface area contributed by atoms with Crippen LogP contribution in [0.5, 0.6) is 0 Å². The van der Waals surface area contributed by atoms with Gasteiger partial charge < -0.3 is 9.64 Å². The molecule has 1 amide bonds. The average molecular weight is 270 g/mol. The van der Waals surface area contributed by atoms with Gasteiger partial charge in [0.25, 0.3) is 0 Å². The molecule has 5 nitrogen and oxygen atoms in total. The van der Waals surface area contributed by atoms with Gasteiger partial charge >= 0.3 is 6.09 Å². The SMILES string of the molecule is CC(C)(C)OC(=O)N1CC(c2cnc(Cl)nc2)C1. The molecule has 18 heavy (non-hydrogen) atoms. The fourth-order valence-electron chi connectivity index (χ4n) is 1.70. The zero-order valence-electron chi connectivity index (χ0n) is 10.7. The minimum atomic E-state index is -0.453. The van der Waals surface area contributed by atoms with Crippen molar-refractivity contribution in [1.82, 2.24) is 14.9 Å². The lowest BCUT2D eigenvalue weighted by atomic mass is 9.94. The highest BCUT2D eigenvalue weighted by Gasteiger charge is 2.34. The molecule has 1 aliphatic rings. The normalized spacial score (nSPS) is 16.3. The largest absolute Gasteiger partial charge is 0.444 e. The molecule has 1 saturated heterocycles. The predicted molar refractivity (Wildman–Crippen MR) is 67.6 cm³/mol. The molecule has 1 aromatic heterocycles. The van der Waals surface area contributed by atoms with Crippen molar-refractivity contribution in [2.75, 3.05) is 13.1 Å². The quantitative estimate of drug-likeness (QED) is 0.735. The van der Waals surface area contributed by atoms with E-state index < -0.39 is 5.60 Å². The van der Waals surface area contributed by atoms with Crippen LogP contribution in [0, 0.1) is 0 Å². The number of hydrogen-bond donors (Lipinski definition) is 0. The second kappa shape index (κ2) is 4.72. The minimum Gasteiger partial charge on any atom is -0.444 e. The molecule has 0 spiro atoms. The van der Waals surface area contributed by atoms with E-state index in [9.17, 15) is 4.79 Å². The Kier molecular flexibility index (Phi) is 3.43. The lowest BCUT2D eigenvalue weighted by molar-refractivity contribution is 0.00814. The van der Waals surface area contributed by atoms with E-state index in [1.165, 1.54) is 0 Å². The van der Waals surface area contributed by atoms with E-state index in [-0.39, 0.29) is 17.3 Å².